The second kappa shape index (κ2) is 6.20. The molecule has 0 aliphatic carbocycles. The van der Waals surface area contributed by atoms with Gasteiger partial charge in [-0.1, -0.05) is 13.0 Å². The zero-order valence-electron chi connectivity index (χ0n) is 12.0. The first-order chi connectivity index (χ1) is 9.38. The van der Waals surface area contributed by atoms with E-state index in [1.165, 1.54) is 0 Å². The molecular formula is C14H20BrN3O2. The van der Waals surface area contributed by atoms with Crippen LogP contribution in [0.1, 0.15) is 12.5 Å². The fourth-order valence-corrected chi connectivity index (χ4v) is 3.30. The number of likely N-dealkylation sites (N-methyl/N-ethyl adjacent to an activating group) is 1. The van der Waals surface area contributed by atoms with E-state index in [0.29, 0.717) is 16.4 Å². The maximum absolute atomic E-state index is 11.0. The van der Waals surface area contributed by atoms with Gasteiger partial charge in [-0.25, -0.2) is 0 Å². The van der Waals surface area contributed by atoms with Crippen LogP contribution < -0.4 is 0 Å². The van der Waals surface area contributed by atoms with Crippen molar-refractivity contribution in [1.82, 2.24) is 9.80 Å². The number of hydrogen-bond acceptors (Lipinski definition) is 4. The SMILES string of the molecule is CC1CN(Cc2ccc(Br)c([N+](=O)[O-])c2)CC1N(C)C. The Bertz CT molecular complexity index is 507. The molecule has 2 atom stereocenters. The van der Waals surface area contributed by atoms with Crippen LogP contribution in [0.5, 0.6) is 0 Å². The average Bonchev–Trinajstić information content (AvgIpc) is 2.72. The molecule has 6 heteroatoms. The van der Waals surface area contributed by atoms with E-state index in [1.54, 1.807) is 12.1 Å². The molecule has 0 aromatic heterocycles. The molecule has 1 aromatic carbocycles. The van der Waals surface area contributed by atoms with E-state index in [2.05, 4.69) is 46.7 Å². The van der Waals surface area contributed by atoms with E-state index < -0.39 is 0 Å². The smallest absolute Gasteiger partial charge is 0.283 e. The lowest BCUT2D eigenvalue weighted by Crippen LogP contribution is -2.34. The van der Waals surface area contributed by atoms with Gasteiger partial charge in [0.25, 0.3) is 5.69 Å². The summed E-state index contributed by atoms with van der Waals surface area (Å²) < 4.78 is 0.534. The highest BCUT2D eigenvalue weighted by molar-refractivity contribution is 9.10. The molecule has 0 N–H and O–H groups in total. The highest BCUT2D eigenvalue weighted by atomic mass is 79.9. The van der Waals surface area contributed by atoms with Gasteiger partial charge in [0, 0.05) is 31.7 Å². The predicted molar refractivity (Wildman–Crippen MR) is 82.7 cm³/mol. The van der Waals surface area contributed by atoms with E-state index in [-0.39, 0.29) is 10.6 Å². The molecule has 2 unspecified atom stereocenters. The Hall–Kier alpha value is -0.980. The van der Waals surface area contributed by atoms with Crippen molar-refractivity contribution in [3.63, 3.8) is 0 Å². The van der Waals surface area contributed by atoms with Crippen molar-refractivity contribution in [2.45, 2.75) is 19.5 Å². The van der Waals surface area contributed by atoms with E-state index >= 15 is 0 Å². The molecule has 20 heavy (non-hydrogen) atoms. The number of nitrogens with zero attached hydrogens (tertiary/aromatic N) is 3. The van der Waals surface area contributed by atoms with E-state index in [1.807, 2.05) is 6.07 Å². The second-order valence-corrected chi connectivity index (χ2v) is 6.60. The third-order valence-electron chi connectivity index (χ3n) is 3.93. The van der Waals surface area contributed by atoms with Gasteiger partial charge in [-0.2, -0.15) is 0 Å². The first kappa shape index (κ1) is 15.4. The Balaban J connectivity index is 2.08. The quantitative estimate of drug-likeness (QED) is 0.624. The highest BCUT2D eigenvalue weighted by Gasteiger charge is 2.30. The van der Waals surface area contributed by atoms with Crippen molar-refractivity contribution in [2.24, 2.45) is 5.92 Å². The van der Waals surface area contributed by atoms with Crippen molar-refractivity contribution in [1.29, 1.82) is 0 Å². The molecule has 110 valence electrons. The minimum absolute atomic E-state index is 0.138. The lowest BCUT2D eigenvalue weighted by Gasteiger charge is -2.22. The molecule has 1 aromatic rings. The molecule has 1 saturated heterocycles. The molecule has 5 nitrogen and oxygen atoms in total. The standard InChI is InChI=1S/C14H20BrN3O2/c1-10-7-17(9-14(10)16(2)3)8-11-4-5-12(15)13(6-11)18(19)20/h4-6,10,14H,7-9H2,1-3H3. The molecule has 1 aliphatic heterocycles. The van der Waals surface area contributed by atoms with Crippen molar-refractivity contribution >= 4 is 21.6 Å². The van der Waals surface area contributed by atoms with E-state index in [9.17, 15) is 10.1 Å². The van der Waals surface area contributed by atoms with Crippen LogP contribution in [-0.2, 0) is 6.54 Å². The summed E-state index contributed by atoms with van der Waals surface area (Å²) in [6.07, 6.45) is 0. The molecule has 0 radical (unpaired) electrons. The van der Waals surface area contributed by atoms with Crippen molar-refractivity contribution < 1.29 is 4.92 Å². The fraction of sp³-hybridized carbons (Fsp3) is 0.571. The zero-order valence-corrected chi connectivity index (χ0v) is 13.6. The number of nitro groups is 1. The third kappa shape index (κ3) is 3.37. The predicted octanol–water partition coefficient (Wildman–Crippen LogP) is 2.74. The summed E-state index contributed by atoms with van der Waals surface area (Å²) in [5, 5.41) is 11.0. The van der Waals surface area contributed by atoms with Crippen molar-refractivity contribution in [3.05, 3.63) is 38.3 Å². The van der Waals surface area contributed by atoms with Crippen molar-refractivity contribution in [2.75, 3.05) is 27.2 Å². The highest BCUT2D eigenvalue weighted by Crippen LogP contribution is 2.27. The lowest BCUT2D eigenvalue weighted by atomic mass is 10.1. The Morgan fingerprint density at radius 3 is 2.70 bits per heavy atom. The topological polar surface area (TPSA) is 49.6 Å². The molecule has 1 fully saturated rings. The third-order valence-corrected chi connectivity index (χ3v) is 4.60. The summed E-state index contributed by atoms with van der Waals surface area (Å²) in [7, 11) is 4.21. The first-order valence-electron chi connectivity index (χ1n) is 6.70. The molecule has 0 amide bonds. The lowest BCUT2D eigenvalue weighted by molar-refractivity contribution is -0.385. The molecule has 0 saturated carbocycles. The maximum atomic E-state index is 11.0. The van der Waals surface area contributed by atoms with Gasteiger partial charge in [-0.3, -0.25) is 15.0 Å². The van der Waals surface area contributed by atoms with Crippen LogP contribution in [0.3, 0.4) is 0 Å². The Morgan fingerprint density at radius 2 is 2.15 bits per heavy atom. The Kier molecular flexibility index (Phi) is 4.78. The molecule has 1 aliphatic rings. The second-order valence-electron chi connectivity index (χ2n) is 5.75. The number of likely N-dealkylation sites (tertiary alicyclic amines) is 1. The summed E-state index contributed by atoms with van der Waals surface area (Å²) in [5.74, 6) is 0.621. The summed E-state index contributed by atoms with van der Waals surface area (Å²) >= 11 is 3.22. The Morgan fingerprint density at radius 1 is 1.45 bits per heavy atom. The fourth-order valence-electron chi connectivity index (χ4n) is 2.90. The number of benzene rings is 1. The van der Waals surface area contributed by atoms with Crippen LogP contribution in [0.4, 0.5) is 5.69 Å². The van der Waals surface area contributed by atoms with Crippen LogP contribution in [0.25, 0.3) is 0 Å². The van der Waals surface area contributed by atoms with Gasteiger partial charge in [0.1, 0.15) is 0 Å². The minimum Gasteiger partial charge on any atom is -0.305 e. The molecule has 0 spiro atoms. The van der Waals surface area contributed by atoms with Gasteiger partial charge in [0.05, 0.1) is 9.40 Å². The van der Waals surface area contributed by atoms with Gasteiger partial charge >= 0.3 is 0 Å². The van der Waals surface area contributed by atoms with Gasteiger partial charge in [0.2, 0.25) is 0 Å². The van der Waals surface area contributed by atoms with E-state index in [4.69, 9.17) is 0 Å². The first-order valence-corrected chi connectivity index (χ1v) is 7.49. The number of halogens is 1. The summed E-state index contributed by atoms with van der Waals surface area (Å²) in [5.41, 5.74) is 1.13. The van der Waals surface area contributed by atoms with Crippen LogP contribution in [0.15, 0.2) is 22.7 Å². The van der Waals surface area contributed by atoms with Gasteiger partial charge in [0.15, 0.2) is 0 Å². The van der Waals surface area contributed by atoms with Crippen LogP contribution in [0.2, 0.25) is 0 Å². The maximum Gasteiger partial charge on any atom is 0.283 e. The molecule has 1 heterocycles. The molecular weight excluding hydrogens is 322 g/mol. The number of rotatable bonds is 4. The largest absolute Gasteiger partial charge is 0.305 e. The average molecular weight is 342 g/mol. The number of hydrogen-bond donors (Lipinski definition) is 0. The normalized spacial score (nSPS) is 23.4. The van der Waals surface area contributed by atoms with Crippen LogP contribution in [-0.4, -0.2) is 47.9 Å². The van der Waals surface area contributed by atoms with Crippen LogP contribution in [0, 0.1) is 16.0 Å². The number of nitro benzene ring substituents is 1. The summed E-state index contributed by atoms with van der Waals surface area (Å²) in [6, 6.07) is 5.93. The zero-order chi connectivity index (χ0) is 14.9. The Labute approximate surface area is 127 Å². The monoisotopic (exact) mass is 341 g/mol. The van der Waals surface area contributed by atoms with Gasteiger partial charge < -0.3 is 4.90 Å². The van der Waals surface area contributed by atoms with Crippen LogP contribution >= 0.6 is 15.9 Å². The molecule has 0 bridgehead atoms. The minimum atomic E-state index is -0.344. The molecule has 2 rings (SSSR count). The van der Waals surface area contributed by atoms with Gasteiger partial charge in [-0.05, 0) is 47.6 Å². The summed E-state index contributed by atoms with van der Waals surface area (Å²) in [6.45, 7) is 5.07. The van der Waals surface area contributed by atoms with Crippen molar-refractivity contribution in [3.8, 4) is 0 Å². The van der Waals surface area contributed by atoms with E-state index in [0.717, 1.165) is 25.2 Å². The summed E-state index contributed by atoms with van der Waals surface area (Å²) in [4.78, 5) is 15.2. The van der Waals surface area contributed by atoms with Gasteiger partial charge in [-0.15, -0.1) is 0 Å².